The van der Waals surface area contributed by atoms with Gasteiger partial charge in [-0.2, -0.15) is 0 Å². The molecule has 2 heterocycles. The highest BCUT2D eigenvalue weighted by Crippen LogP contribution is 2.23. The number of thiazole rings is 1. The first-order valence-electron chi connectivity index (χ1n) is 7.15. The molecule has 0 radical (unpaired) electrons. The van der Waals surface area contributed by atoms with Crippen molar-refractivity contribution in [3.8, 4) is 10.6 Å². The van der Waals surface area contributed by atoms with E-state index in [2.05, 4.69) is 46.1 Å². The molecule has 0 atom stereocenters. The third kappa shape index (κ3) is 3.56. The van der Waals surface area contributed by atoms with Gasteiger partial charge in [0, 0.05) is 43.7 Å². The summed E-state index contributed by atoms with van der Waals surface area (Å²) in [5, 5.41) is 2.70. The summed E-state index contributed by atoms with van der Waals surface area (Å²) >= 11 is 1.51. The highest BCUT2D eigenvalue weighted by Gasteiger charge is 2.13. The predicted molar refractivity (Wildman–Crippen MR) is 85.7 cm³/mol. The first-order valence-corrected chi connectivity index (χ1v) is 8.03. The lowest BCUT2D eigenvalue weighted by molar-refractivity contribution is 0.111. The number of carbonyl (C=O) groups is 1. The minimum atomic E-state index is 0.511. The molecular weight excluding hydrogens is 282 g/mol. The van der Waals surface area contributed by atoms with Crippen molar-refractivity contribution in [2.45, 2.75) is 6.54 Å². The van der Waals surface area contributed by atoms with Gasteiger partial charge in [0.15, 0.2) is 6.29 Å². The molecule has 1 saturated heterocycles. The van der Waals surface area contributed by atoms with Gasteiger partial charge in [-0.05, 0) is 12.6 Å². The van der Waals surface area contributed by atoms with E-state index in [1.807, 2.05) is 0 Å². The maximum atomic E-state index is 10.7. The molecule has 21 heavy (non-hydrogen) atoms. The monoisotopic (exact) mass is 301 g/mol. The van der Waals surface area contributed by atoms with E-state index in [1.54, 1.807) is 5.38 Å². The van der Waals surface area contributed by atoms with E-state index in [-0.39, 0.29) is 0 Å². The molecule has 5 heteroatoms. The second kappa shape index (κ2) is 6.47. The SMILES string of the molecule is CN1CCN(Cc2ccc(-c3nc(C=O)cs3)cc2)CC1. The number of piperazine rings is 1. The van der Waals surface area contributed by atoms with Crippen LogP contribution in [0.5, 0.6) is 0 Å². The molecule has 4 nitrogen and oxygen atoms in total. The first kappa shape index (κ1) is 14.4. The van der Waals surface area contributed by atoms with Gasteiger partial charge >= 0.3 is 0 Å². The topological polar surface area (TPSA) is 36.4 Å². The summed E-state index contributed by atoms with van der Waals surface area (Å²) in [4.78, 5) is 19.8. The molecule has 2 aromatic rings. The van der Waals surface area contributed by atoms with Crippen molar-refractivity contribution in [2.75, 3.05) is 33.2 Å². The quantitative estimate of drug-likeness (QED) is 0.812. The van der Waals surface area contributed by atoms with Gasteiger partial charge in [-0.1, -0.05) is 24.3 Å². The van der Waals surface area contributed by atoms with E-state index in [0.29, 0.717) is 5.69 Å². The molecule has 0 unspecified atom stereocenters. The molecular formula is C16H19N3OS. The Morgan fingerprint density at radius 1 is 1.19 bits per heavy atom. The zero-order valence-corrected chi connectivity index (χ0v) is 13.0. The lowest BCUT2D eigenvalue weighted by Crippen LogP contribution is -2.43. The number of nitrogens with zero attached hydrogens (tertiary/aromatic N) is 3. The third-order valence-electron chi connectivity index (χ3n) is 3.85. The van der Waals surface area contributed by atoms with Crippen LogP contribution >= 0.6 is 11.3 Å². The largest absolute Gasteiger partial charge is 0.304 e. The summed E-state index contributed by atoms with van der Waals surface area (Å²) in [5.74, 6) is 0. The number of hydrogen-bond donors (Lipinski definition) is 0. The molecule has 0 saturated carbocycles. The fourth-order valence-corrected chi connectivity index (χ4v) is 3.26. The van der Waals surface area contributed by atoms with Gasteiger partial charge in [0.2, 0.25) is 0 Å². The number of aldehydes is 1. The zero-order chi connectivity index (χ0) is 14.7. The van der Waals surface area contributed by atoms with Crippen molar-refractivity contribution >= 4 is 17.6 Å². The van der Waals surface area contributed by atoms with Gasteiger partial charge in [0.05, 0.1) is 0 Å². The van der Waals surface area contributed by atoms with Crippen LogP contribution in [0.25, 0.3) is 10.6 Å². The summed E-state index contributed by atoms with van der Waals surface area (Å²) in [5.41, 5.74) is 2.92. The van der Waals surface area contributed by atoms with E-state index >= 15 is 0 Å². The molecule has 1 aliphatic heterocycles. The van der Waals surface area contributed by atoms with Gasteiger partial charge in [-0.25, -0.2) is 4.98 Å². The van der Waals surface area contributed by atoms with Gasteiger partial charge < -0.3 is 4.90 Å². The van der Waals surface area contributed by atoms with Crippen LogP contribution in [0.15, 0.2) is 29.6 Å². The van der Waals surface area contributed by atoms with Crippen LogP contribution in [0.4, 0.5) is 0 Å². The maximum absolute atomic E-state index is 10.7. The Labute approximate surface area is 129 Å². The van der Waals surface area contributed by atoms with E-state index in [4.69, 9.17) is 0 Å². The normalized spacial score (nSPS) is 17.0. The summed E-state index contributed by atoms with van der Waals surface area (Å²) in [6.07, 6.45) is 0.793. The summed E-state index contributed by atoms with van der Waals surface area (Å²) in [6.45, 7) is 5.56. The number of benzene rings is 1. The van der Waals surface area contributed by atoms with Crippen LogP contribution in [0, 0.1) is 0 Å². The molecule has 3 rings (SSSR count). The van der Waals surface area contributed by atoms with Crippen LogP contribution in [0.3, 0.4) is 0 Å². The van der Waals surface area contributed by atoms with Crippen molar-refractivity contribution in [1.29, 1.82) is 0 Å². The average molecular weight is 301 g/mol. The molecule has 0 amide bonds. The lowest BCUT2D eigenvalue weighted by Gasteiger charge is -2.32. The fraction of sp³-hybridized carbons (Fsp3) is 0.375. The fourth-order valence-electron chi connectivity index (χ4n) is 2.49. The standard InChI is InChI=1S/C16H19N3OS/c1-18-6-8-19(9-7-18)10-13-2-4-14(5-3-13)16-17-15(11-20)12-21-16/h2-5,11-12H,6-10H2,1H3. The minimum Gasteiger partial charge on any atom is -0.304 e. The third-order valence-corrected chi connectivity index (χ3v) is 4.76. The Hall–Kier alpha value is -1.56. The highest BCUT2D eigenvalue weighted by atomic mass is 32.1. The van der Waals surface area contributed by atoms with E-state index in [0.717, 1.165) is 49.6 Å². The van der Waals surface area contributed by atoms with Crippen LogP contribution in [0.2, 0.25) is 0 Å². The van der Waals surface area contributed by atoms with E-state index < -0.39 is 0 Å². The Bertz CT molecular complexity index is 600. The van der Waals surface area contributed by atoms with Crippen molar-refractivity contribution in [3.05, 3.63) is 40.9 Å². The number of carbonyl (C=O) groups excluding carboxylic acids is 1. The lowest BCUT2D eigenvalue weighted by atomic mass is 10.1. The number of aromatic nitrogens is 1. The second-order valence-corrected chi connectivity index (χ2v) is 6.33. The van der Waals surface area contributed by atoms with Crippen molar-refractivity contribution in [1.82, 2.24) is 14.8 Å². The van der Waals surface area contributed by atoms with Crippen LogP contribution in [-0.4, -0.2) is 54.3 Å². The Balaban J connectivity index is 1.65. The van der Waals surface area contributed by atoms with Crippen LogP contribution in [-0.2, 0) is 6.54 Å². The van der Waals surface area contributed by atoms with E-state index in [1.165, 1.54) is 16.9 Å². The zero-order valence-electron chi connectivity index (χ0n) is 12.2. The smallest absolute Gasteiger partial charge is 0.169 e. The van der Waals surface area contributed by atoms with Crippen LogP contribution in [0.1, 0.15) is 16.1 Å². The Kier molecular flexibility index (Phi) is 4.43. The first-order chi connectivity index (χ1) is 10.2. The molecule has 0 N–H and O–H groups in total. The molecule has 1 fully saturated rings. The summed E-state index contributed by atoms with van der Waals surface area (Å²) < 4.78 is 0. The van der Waals surface area contributed by atoms with Gasteiger partial charge in [-0.15, -0.1) is 11.3 Å². The van der Waals surface area contributed by atoms with Crippen molar-refractivity contribution in [3.63, 3.8) is 0 Å². The Morgan fingerprint density at radius 2 is 1.90 bits per heavy atom. The highest BCUT2D eigenvalue weighted by molar-refractivity contribution is 7.13. The number of hydrogen-bond acceptors (Lipinski definition) is 5. The molecule has 110 valence electrons. The van der Waals surface area contributed by atoms with Gasteiger partial charge in [0.1, 0.15) is 10.7 Å². The minimum absolute atomic E-state index is 0.511. The van der Waals surface area contributed by atoms with E-state index in [9.17, 15) is 4.79 Å². The summed E-state index contributed by atoms with van der Waals surface area (Å²) in [7, 11) is 2.17. The summed E-state index contributed by atoms with van der Waals surface area (Å²) in [6, 6.07) is 8.52. The van der Waals surface area contributed by atoms with Crippen molar-refractivity contribution < 1.29 is 4.79 Å². The molecule has 1 aromatic carbocycles. The van der Waals surface area contributed by atoms with Gasteiger partial charge in [0.25, 0.3) is 0 Å². The second-order valence-electron chi connectivity index (χ2n) is 5.47. The predicted octanol–water partition coefficient (Wildman–Crippen LogP) is 2.37. The maximum Gasteiger partial charge on any atom is 0.169 e. The van der Waals surface area contributed by atoms with Crippen LogP contribution < -0.4 is 0 Å². The number of likely N-dealkylation sites (N-methyl/N-ethyl adjacent to an activating group) is 1. The molecule has 0 aliphatic carbocycles. The van der Waals surface area contributed by atoms with Gasteiger partial charge in [-0.3, -0.25) is 9.69 Å². The molecule has 0 spiro atoms. The molecule has 0 bridgehead atoms. The number of rotatable bonds is 4. The Morgan fingerprint density at radius 3 is 2.52 bits per heavy atom. The molecule has 1 aromatic heterocycles. The molecule has 1 aliphatic rings. The van der Waals surface area contributed by atoms with Crippen molar-refractivity contribution in [2.24, 2.45) is 0 Å². The average Bonchev–Trinajstić information content (AvgIpc) is 2.99.